The molecule has 0 fully saturated rings. The molecule has 11 heteroatoms. The summed E-state index contributed by atoms with van der Waals surface area (Å²) < 4.78 is 70.4. The van der Waals surface area contributed by atoms with E-state index in [1.807, 2.05) is 0 Å². The van der Waals surface area contributed by atoms with Crippen LogP contribution in [0.15, 0.2) is 53.4 Å². The number of nitrogens with zero attached hydrogens (tertiary/aromatic N) is 1. The molecule has 3 rings (SSSR count). The molecule has 0 atom stereocenters. The molecule has 0 saturated carbocycles. The van der Waals surface area contributed by atoms with Crippen molar-refractivity contribution in [1.29, 1.82) is 5.26 Å². The number of aryl methyl sites for hydroxylation is 1. The Morgan fingerprint density at radius 3 is 2.51 bits per heavy atom. The molecular weight excluding hydrogens is 483 g/mol. The van der Waals surface area contributed by atoms with Crippen LogP contribution in [-0.2, 0) is 21.2 Å². The zero-order chi connectivity index (χ0) is 25.9. The number of nitriles is 1. The first-order valence-electron chi connectivity index (χ1n) is 10.1. The average Bonchev–Trinajstić information content (AvgIpc) is 2.79. The molecule has 3 aromatic rings. The zero-order valence-corrected chi connectivity index (χ0v) is 19.4. The maximum Gasteiger partial charge on any atom is 0.264 e. The molecule has 0 aliphatic rings. The van der Waals surface area contributed by atoms with Crippen LogP contribution in [0, 0.1) is 31.0 Å². The molecule has 0 aliphatic carbocycles. The van der Waals surface area contributed by atoms with E-state index >= 15 is 4.39 Å². The number of anilines is 1. The van der Waals surface area contributed by atoms with Crippen LogP contribution in [0.4, 0.5) is 18.9 Å². The largest absolute Gasteiger partial charge is 0.454 e. The molecular formula is C24H20F3N3O4S. The van der Waals surface area contributed by atoms with Crippen LogP contribution in [0.5, 0.6) is 11.5 Å². The van der Waals surface area contributed by atoms with Gasteiger partial charge in [0, 0.05) is 16.8 Å². The van der Waals surface area contributed by atoms with E-state index in [2.05, 4.69) is 5.32 Å². The number of carbonyl (C=O) groups excluding carboxylic acids is 1. The predicted molar refractivity (Wildman–Crippen MR) is 122 cm³/mol. The molecule has 7 nitrogen and oxygen atoms in total. The molecule has 0 aromatic heterocycles. The van der Waals surface area contributed by atoms with Gasteiger partial charge in [-0.1, -0.05) is 18.2 Å². The van der Waals surface area contributed by atoms with Gasteiger partial charge in [-0.2, -0.15) is 5.26 Å². The molecule has 35 heavy (non-hydrogen) atoms. The number of benzene rings is 3. The lowest BCUT2D eigenvalue weighted by molar-refractivity contribution is -0.115. The van der Waals surface area contributed by atoms with E-state index < -0.39 is 40.2 Å². The molecule has 3 N–H and O–H groups in total. The fourth-order valence-electron chi connectivity index (χ4n) is 3.37. The SMILES string of the molecule is Cc1ccc(CC(=O)Nc2cccc(S(N)(=O)=O)c2C)c(F)c1Oc1cc(C#N)cc(C(F)F)c1. The quantitative estimate of drug-likeness (QED) is 0.476. The van der Waals surface area contributed by atoms with Crippen molar-refractivity contribution in [3.63, 3.8) is 0 Å². The van der Waals surface area contributed by atoms with E-state index in [-0.39, 0.29) is 38.8 Å². The van der Waals surface area contributed by atoms with Gasteiger partial charge in [0.15, 0.2) is 11.6 Å². The van der Waals surface area contributed by atoms with Gasteiger partial charge in [0.25, 0.3) is 6.43 Å². The van der Waals surface area contributed by atoms with Crippen molar-refractivity contribution >= 4 is 21.6 Å². The number of sulfonamides is 1. The normalized spacial score (nSPS) is 11.3. The lowest BCUT2D eigenvalue weighted by Gasteiger charge is -2.15. The minimum Gasteiger partial charge on any atom is -0.454 e. The van der Waals surface area contributed by atoms with Crippen molar-refractivity contribution in [3.8, 4) is 17.6 Å². The molecule has 182 valence electrons. The number of hydrogen-bond acceptors (Lipinski definition) is 5. The Morgan fingerprint density at radius 1 is 1.17 bits per heavy atom. The Bertz CT molecular complexity index is 1450. The van der Waals surface area contributed by atoms with Crippen molar-refractivity contribution in [3.05, 3.63) is 82.2 Å². The number of ether oxygens (including phenoxy) is 1. The van der Waals surface area contributed by atoms with Gasteiger partial charge < -0.3 is 10.1 Å². The highest BCUT2D eigenvalue weighted by Gasteiger charge is 2.19. The van der Waals surface area contributed by atoms with Gasteiger partial charge in [-0.25, -0.2) is 26.7 Å². The van der Waals surface area contributed by atoms with Crippen molar-refractivity contribution in [2.45, 2.75) is 31.6 Å². The lowest BCUT2D eigenvalue weighted by atomic mass is 10.1. The summed E-state index contributed by atoms with van der Waals surface area (Å²) in [6, 6.07) is 12.0. The van der Waals surface area contributed by atoms with E-state index in [0.717, 1.165) is 12.1 Å². The number of amides is 1. The first-order chi connectivity index (χ1) is 16.4. The van der Waals surface area contributed by atoms with Gasteiger partial charge in [0.2, 0.25) is 15.9 Å². The summed E-state index contributed by atoms with van der Waals surface area (Å²) in [6.07, 6.45) is -3.29. The highest BCUT2D eigenvalue weighted by molar-refractivity contribution is 7.89. The van der Waals surface area contributed by atoms with E-state index in [1.165, 1.54) is 50.2 Å². The molecule has 0 saturated heterocycles. The Labute approximate surface area is 200 Å². The number of alkyl halides is 2. The third kappa shape index (κ3) is 5.98. The third-order valence-electron chi connectivity index (χ3n) is 5.12. The zero-order valence-electron chi connectivity index (χ0n) is 18.6. The number of nitrogens with one attached hydrogen (secondary N) is 1. The van der Waals surface area contributed by atoms with Crippen LogP contribution in [0.3, 0.4) is 0 Å². The first kappa shape index (κ1) is 25.7. The van der Waals surface area contributed by atoms with Crippen molar-refractivity contribution in [2.75, 3.05) is 5.32 Å². The summed E-state index contributed by atoms with van der Waals surface area (Å²) >= 11 is 0. The Balaban J connectivity index is 1.87. The van der Waals surface area contributed by atoms with Gasteiger partial charge in [0.1, 0.15) is 5.75 Å². The second-order valence-electron chi connectivity index (χ2n) is 7.69. The number of rotatable bonds is 7. The summed E-state index contributed by atoms with van der Waals surface area (Å²) in [5.74, 6) is -1.95. The average molecular weight is 504 g/mol. The van der Waals surface area contributed by atoms with Gasteiger partial charge in [0.05, 0.1) is 22.9 Å². The van der Waals surface area contributed by atoms with Crippen LogP contribution in [0.2, 0.25) is 0 Å². The third-order valence-corrected chi connectivity index (χ3v) is 6.17. The molecule has 0 unspecified atom stereocenters. The fraction of sp³-hybridized carbons (Fsp3) is 0.167. The number of carbonyl (C=O) groups is 1. The van der Waals surface area contributed by atoms with Crippen LogP contribution in [0.25, 0.3) is 0 Å². The summed E-state index contributed by atoms with van der Waals surface area (Å²) in [5.41, 5.74) is 0.175. The van der Waals surface area contributed by atoms with Gasteiger partial charge >= 0.3 is 0 Å². The molecule has 0 heterocycles. The van der Waals surface area contributed by atoms with Crippen molar-refractivity contribution < 1.29 is 31.1 Å². The highest BCUT2D eigenvalue weighted by Crippen LogP contribution is 2.33. The number of hydrogen-bond donors (Lipinski definition) is 2. The van der Waals surface area contributed by atoms with E-state index in [4.69, 9.17) is 15.1 Å². The second kappa shape index (κ2) is 10.2. The lowest BCUT2D eigenvalue weighted by Crippen LogP contribution is -2.18. The van der Waals surface area contributed by atoms with Crippen LogP contribution in [-0.4, -0.2) is 14.3 Å². The Hall–Kier alpha value is -3.88. The van der Waals surface area contributed by atoms with Crippen molar-refractivity contribution in [2.24, 2.45) is 5.14 Å². The van der Waals surface area contributed by atoms with E-state index in [1.54, 1.807) is 6.07 Å². The molecule has 0 radical (unpaired) electrons. The molecule has 1 amide bonds. The maximum atomic E-state index is 15.2. The standard InChI is InChI=1S/C24H20F3N3O4S/c1-13-6-7-16(11-21(31)30-19-4-3-5-20(14(19)2)35(29,32)33)22(25)23(13)34-18-9-15(12-28)8-17(10-18)24(26)27/h3-10,24H,11H2,1-2H3,(H,30,31)(H2,29,32,33). The topological polar surface area (TPSA) is 122 Å². The molecule has 0 aliphatic heterocycles. The summed E-state index contributed by atoms with van der Waals surface area (Å²) in [4.78, 5) is 12.4. The predicted octanol–water partition coefficient (Wildman–Crippen LogP) is 4.87. The number of halogens is 3. The first-order valence-corrected chi connectivity index (χ1v) is 11.7. The maximum absolute atomic E-state index is 15.2. The number of nitrogens with two attached hydrogens (primary N) is 1. The Morgan fingerprint density at radius 2 is 1.89 bits per heavy atom. The summed E-state index contributed by atoms with van der Waals surface area (Å²) in [7, 11) is -4.01. The van der Waals surface area contributed by atoms with Gasteiger partial charge in [-0.15, -0.1) is 0 Å². The number of primary sulfonamides is 1. The summed E-state index contributed by atoms with van der Waals surface area (Å²) in [6.45, 7) is 3.00. The minimum absolute atomic E-state index is 0.0473. The van der Waals surface area contributed by atoms with Crippen LogP contribution < -0.4 is 15.2 Å². The monoisotopic (exact) mass is 503 g/mol. The smallest absolute Gasteiger partial charge is 0.264 e. The second-order valence-corrected chi connectivity index (χ2v) is 9.22. The molecule has 3 aromatic carbocycles. The van der Waals surface area contributed by atoms with E-state index in [0.29, 0.717) is 5.56 Å². The van der Waals surface area contributed by atoms with Crippen LogP contribution in [0.1, 0.15) is 34.2 Å². The Kier molecular flexibility index (Phi) is 7.48. The fourth-order valence-corrected chi connectivity index (χ4v) is 4.18. The summed E-state index contributed by atoms with van der Waals surface area (Å²) in [5, 5.41) is 16.8. The van der Waals surface area contributed by atoms with E-state index in [9.17, 15) is 22.0 Å². The molecule has 0 spiro atoms. The van der Waals surface area contributed by atoms with Gasteiger partial charge in [-0.3, -0.25) is 4.79 Å². The van der Waals surface area contributed by atoms with Crippen molar-refractivity contribution in [1.82, 2.24) is 0 Å². The minimum atomic E-state index is -4.01. The highest BCUT2D eigenvalue weighted by atomic mass is 32.2. The van der Waals surface area contributed by atoms with Crippen LogP contribution >= 0.6 is 0 Å². The molecule has 0 bridgehead atoms. The van der Waals surface area contributed by atoms with Gasteiger partial charge in [-0.05, 0) is 55.3 Å².